The maximum Gasteiger partial charge on any atom is 0.257 e. The average Bonchev–Trinajstić information content (AvgIpc) is 3.53. The first-order chi connectivity index (χ1) is 18.8. The lowest BCUT2D eigenvalue weighted by molar-refractivity contribution is 0.0937. The number of rotatable bonds is 8. The first kappa shape index (κ1) is 26.4. The number of hydrogen-bond acceptors (Lipinski definition) is 6. The molecule has 5 rings (SSSR count). The number of amides is 2. The summed E-state index contributed by atoms with van der Waals surface area (Å²) in [6.07, 6.45) is 6.81. The van der Waals surface area contributed by atoms with Crippen LogP contribution in [-0.4, -0.2) is 69.2 Å². The Hall–Kier alpha value is -4.25. The van der Waals surface area contributed by atoms with Crippen molar-refractivity contribution in [1.82, 2.24) is 30.0 Å². The topological polar surface area (TPSA) is 117 Å². The Kier molecular flexibility index (Phi) is 7.60. The maximum absolute atomic E-state index is 14.6. The number of likely N-dealkylation sites (tertiary alicyclic amines) is 1. The minimum atomic E-state index is -0.635. The van der Waals surface area contributed by atoms with Gasteiger partial charge in [-0.25, -0.2) is 9.37 Å². The number of carbonyl (C=O) groups is 2. The van der Waals surface area contributed by atoms with Gasteiger partial charge in [0.1, 0.15) is 11.5 Å². The molecule has 0 spiro atoms. The molecule has 0 radical (unpaired) electrons. The number of H-pyrrole nitrogens is 1. The van der Waals surface area contributed by atoms with E-state index in [0.29, 0.717) is 29.5 Å². The number of methoxy groups -OCH3 is 1. The summed E-state index contributed by atoms with van der Waals surface area (Å²) < 4.78 is 21.5. The van der Waals surface area contributed by atoms with Gasteiger partial charge in [0, 0.05) is 49.5 Å². The van der Waals surface area contributed by atoms with Crippen LogP contribution < -0.4 is 15.4 Å². The number of nitrogens with one attached hydrogen (secondary N) is 3. The van der Waals surface area contributed by atoms with Crippen LogP contribution in [0.15, 0.2) is 42.7 Å². The lowest BCUT2D eigenvalue weighted by Gasteiger charge is -2.33. The van der Waals surface area contributed by atoms with E-state index < -0.39 is 11.7 Å². The van der Waals surface area contributed by atoms with Crippen LogP contribution in [0.25, 0.3) is 22.3 Å². The number of benzene rings is 1. The van der Waals surface area contributed by atoms with Crippen LogP contribution in [0.3, 0.4) is 0 Å². The van der Waals surface area contributed by atoms with Crippen molar-refractivity contribution in [1.29, 1.82) is 0 Å². The second-order valence-corrected chi connectivity index (χ2v) is 9.86. The first-order valence-electron chi connectivity index (χ1n) is 13.0. The number of fused-ring (bicyclic) bond motifs is 1. The van der Waals surface area contributed by atoms with Gasteiger partial charge in [0.05, 0.1) is 29.6 Å². The van der Waals surface area contributed by atoms with E-state index in [2.05, 4.69) is 37.5 Å². The summed E-state index contributed by atoms with van der Waals surface area (Å²) in [4.78, 5) is 35.6. The number of nitrogens with zero attached hydrogens (tertiary/aromatic N) is 4. The van der Waals surface area contributed by atoms with Gasteiger partial charge in [-0.2, -0.15) is 0 Å². The summed E-state index contributed by atoms with van der Waals surface area (Å²) in [6, 6.07) is 7.95. The molecule has 0 aliphatic carbocycles. The molecule has 4 heterocycles. The molecule has 4 aromatic rings. The molecule has 1 aromatic carbocycles. The summed E-state index contributed by atoms with van der Waals surface area (Å²) in [6.45, 7) is 4.50. The second kappa shape index (κ2) is 11.2. The summed E-state index contributed by atoms with van der Waals surface area (Å²) in [5.41, 5.74) is 2.51. The van der Waals surface area contributed by atoms with Crippen molar-refractivity contribution >= 4 is 28.5 Å². The quantitative estimate of drug-likeness (QED) is 0.316. The minimum absolute atomic E-state index is 0.0766. The standard InChI is InChI=1S/C28H32FN7O3/c1-17-6-4-5-10-36(17)11-9-30-26(37)18-7-8-22(29)24(13-18)33-27(38)20-12-19-14-23(32-25(19)31-15-20)21-16-35(2)34-28(21)39-3/h7-8,12-17H,4-6,9-11H2,1-3H3,(H,30,37)(H,31,32)(H,33,38)/t17-/m0/s1. The predicted octanol–water partition coefficient (Wildman–Crippen LogP) is 3.97. The van der Waals surface area contributed by atoms with Crippen molar-refractivity contribution in [3.63, 3.8) is 0 Å². The minimum Gasteiger partial charge on any atom is -0.479 e. The van der Waals surface area contributed by atoms with Crippen molar-refractivity contribution in [2.45, 2.75) is 32.2 Å². The van der Waals surface area contributed by atoms with E-state index in [4.69, 9.17) is 4.74 Å². The fourth-order valence-corrected chi connectivity index (χ4v) is 4.95. The molecule has 3 aromatic heterocycles. The molecule has 0 saturated carbocycles. The number of ether oxygens (including phenoxy) is 1. The number of aromatic nitrogens is 4. The number of piperidine rings is 1. The van der Waals surface area contributed by atoms with E-state index >= 15 is 0 Å². The smallest absolute Gasteiger partial charge is 0.257 e. The van der Waals surface area contributed by atoms with Crippen LogP contribution in [0.2, 0.25) is 0 Å². The molecule has 2 amide bonds. The Morgan fingerprint density at radius 2 is 2.03 bits per heavy atom. The van der Waals surface area contributed by atoms with Crippen molar-refractivity contribution in [2.75, 3.05) is 32.1 Å². The van der Waals surface area contributed by atoms with Gasteiger partial charge in [-0.3, -0.25) is 19.2 Å². The molecule has 0 bridgehead atoms. The SMILES string of the molecule is COc1nn(C)cc1-c1cc2cc(C(=O)Nc3cc(C(=O)NCCN4CCCC[C@@H]4C)ccc3F)cnc2[nH]1. The summed E-state index contributed by atoms with van der Waals surface area (Å²) in [5.74, 6) is -1.03. The molecule has 204 valence electrons. The van der Waals surface area contributed by atoms with E-state index in [1.165, 1.54) is 43.7 Å². The number of aromatic amines is 1. The van der Waals surface area contributed by atoms with Crippen LogP contribution in [0.1, 0.15) is 46.9 Å². The Morgan fingerprint density at radius 1 is 1.18 bits per heavy atom. The third-order valence-corrected chi connectivity index (χ3v) is 7.11. The lowest BCUT2D eigenvalue weighted by atomic mass is 10.0. The number of aryl methyl sites for hydroxylation is 1. The number of pyridine rings is 1. The largest absolute Gasteiger partial charge is 0.479 e. The normalized spacial score (nSPS) is 15.8. The zero-order valence-electron chi connectivity index (χ0n) is 22.3. The molecule has 1 aliphatic rings. The zero-order valence-corrected chi connectivity index (χ0v) is 22.3. The Bertz CT molecular complexity index is 1510. The highest BCUT2D eigenvalue weighted by Gasteiger charge is 2.19. The van der Waals surface area contributed by atoms with Gasteiger partial charge in [0.15, 0.2) is 0 Å². The molecular formula is C28H32FN7O3. The highest BCUT2D eigenvalue weighted by atomic mass is 19.1. The van der Waals surface area contributed by atoms with Gasteiger partial charge in [-0.15, -0.1) is 5.10 Å². The molecule has 10 nitrogen and oxygen atoms in total. The van der Waals surface area contributed by atoms with E-state index in [1.54, 1.807) is 24.9 Å². The van der Waals surface area contributed by atoms with E-state index in [0.717, 1.165) is 24.3 Å². The van der Waals surface area contributed by atoms with Gasteiger partial charge in [-0.1, -0.05) is 6.42 Å². The van der Waals surface area contributed by atoms with Crippen molar-refractivity contribution in [3.8, 4) is 17.1 Å². The average molecular weight is 534 g/mol. The third kappa shape index (κ3) is 5.78. The van der Waals surface area contributed by atoms with Crippen molar-refractivity contribution < 1.29 is 18.7 Å². The second-order valence-electron chi connectivity index (χ2n) is 9.86. The molecular weight excluding hydrogens is 501 g/mol. The Labute approximate surface area is 225 Å². The molecule has 0 unspecified atom stereocenters. The molecule has 1 atom stereocenters. The number of anilines is 1. The highest BCUT2D eigenvalue weighted by molar-refractivity contribution is 6.06. The molecule has 39 heavy (non-hydrogen) atoms. The fourth-order valence-electron chi connectivity index (χ4n) is 4.95. The van der Waals surface area contributed by atoms with Gasteiger partial charge < -0.3 is 20.4 Å². The Morgan fingerprint density at radius 3 is 2.82 bits per heavy atom. The van der Waals surface area contributed by atoms with Crippen molar-refractivity contribution in [3.05, 3.63) is 59.7 Å². The van der Waals surface area contributed by atoms with Crippen LogP contribution in [-0.2, 0) is 7.05 Å². The van der Waals surface area contributed by atoms with Gasteiger partial charge in [0.2, 0.25) is 5.88 Å². The predicted molar refractivity (Wildman–Crippen MR) is 146 cm³/mol. The maximum atomic E-state index is 14.6. The molecule has 3 N–H and O–H groups in total. The number of halogens is 1. The Balaban J connectivity index is 1.26. The molecule has 1 aliphatic heterocycles. The van der Waals surface area contributed by atoms with Gasteiger partial charge >= 0.3 is 0 Å². The molecule has 1 saturated heterocycles. The first-order valence-corrected chi connectivity index (χ1v) is 13.0. The van der Waals surface area contributed by atoms with Crippen LogP contribution in [0.5, 0.6) is 5.88 Å². The number of carbonyl (C=O) groups excluding carboxylic acids is 2. The summed E-state index contributed by atoms with van der Waals surface area (Å²) in [7, 11) is 3.34. The lowest BCUT2D eigenvalue weighted by Crippen LogP contribution is -2.42. The van der Waals surface area contributed by atoms with E-state index in [1.807, 2.05) is 12.3 Å². The fraction of sp³-hybridized carbons (Fsp3) is 0.357. The summed E-state index contributed by atoms with van der Waals surface area (Å²) in [5, 5.41) is 10.4. The van der Waals surface area contributed by atoms with Crippen LogP contribution >= 0.6 is 0 Å². The monoisotopic (exact) mass is 533 g/mol. The van der Waals surface area contributed by atoms with Gasteiger partial charge in [0.25, 0.3) is 11.8 Å². The zero-order chi connectivity index (χ0) is 27.5. The van der Waals surface area contributed by atoms with Gasteiger partial charge in [-0.05, 0) is 56.6 Å². The molecule has 11 heteroatoms. The van der Waals surface area contributed by atoms with Crippen LogP contribution in [0, 0.1) is 5.82 Å². The molecule has 1 fully saturated rings. The third-order valence-electron chi connectivity index (χ3n) is 7.11. The van der Waals surface area contributed by atoms with Crippen molar-refractivity contribution in [2.24, 2.45) is 7.05 Å². The van der Waals surface area contributed by atoms with E-state index in [9.17, 15) is 14.0 Å². The van der Waals surface area contributed by atoms with Crippen LogP contribution in [0.4, 0.5) is 10.1 Å². The summed E-state index contributed by atoms with van der Waals surface area (Å²) >= 11 is 0. The van der Waals surface area contributed by atoms with E-state index in [-0.39, 0.29) is 22.7 Å². The highest BCUT2D eigenvalue weighted by Crippen LogP contribution is 2.30. The number of hydrogen-bond donors (Lipinski definition) is 3.